The van der Waals surface area contributed by atoms with Crippen LogP contribution >= 0.6 is 0 Å². The van der Waals surface area contributed by atoms with Crippen molar-refractivity contribution in [1.82, 2.24) is 4.90 Å². The third-order valence-corrected chi connectivity index (χ3v) is 1.07. The second kappa shape index (κ2) is 1.97. The summed E-state index contributed by atoms with van der Waals surface area (Å²) in [5.74, 6) is -0.480. The number of carbonyl (C=O) groups excluding carboxylic acids is 2. The fraction of sp³-hybridized carbons (Fsp3) is 0.400. The molecule has 0 aromatic carbocycles. The standard InChI is InChI=1S/C5H6N2O2/c1-7-3-4(8)6-2-5(7)9/h2H,3H2,1H3. The molecule has 0 N–H and O–H groups in total. The largest absolute Gasteiger partial charge is 0.332 e. The van der Waals surface area contributed by atoms with Crippen LogP contribution in [0.5, 0.6) is 0 Å². The van der Waals surface area contributed by atoms with Crippen molar-refractivity contribution in [2.45, 2.75) is 0 Å². The number of hydrogen-bond acceptors (Lipinski definition) is 2. The lowest BCUT2D eigenvalue weighted by molar-refractivity contribution is -0.129. The van der Waals surface area contributed by atoms with Crippen LogP contribution in [0.25, 0.3) is 0 Å². The Hall–Kier alpha value is -1.19. The molecule has 0 radical (unpaired) electrons. The summed E-state index contributed by atoms with van der Waals surface area (Å²) in [4.78, 5) is 25.6. The van der Waals surface area contributed by atoms with Gasteiger partial charge in [-0.15, -0.1) is 0 Å². The molecule has 0 bridgehead atoms. The van der Waals surface area contributed by atoms with Crippen molar-refractivity contribution in [3.63, 3.8) is 0 Å². The highest BCUT2D eigenvalue weighted by atomic mass is 16.2. The summed E-state index contributed by atoms with van der Waals surface area (Å²) in [6.07, 6.45) is 1.03. The molecule has 0 unspecified atom stereocenters. The highest BCUT2D eigenvalue weighted by Crippen LogP contribution is 1.90. The van der Waals surface area contributed by atoms with Gasteiger partial charge in [0.05, 0.1) is 6.21 Å². The second-order valence-corrected chi connectivity index (χ2v) is 1.85. The van der Waals surface area contributed by atoms with Gasteiger partial charge in [0.2, 0.25) is 0 Å². The van der Waals surface area contributed by atoms with Crippen LogP contribution in [0.1, 0.15) is 0 Å². The molecule has 2 amide bonds. The number of rotatable bonds is 0. The molecule has 0 saturated heterocycles. The highest BCUT2D eigenvalue weighted by molar-refractivity contribution is 6.30. The van der Waals surface area contributed by atoms with E-state index in [0.717, 1.165) is 6.21 Å². The predicted octanol–water partition coefficient (Wildman–Crippen LogP) is -0.944. The summed E-state index contributed by atoms with van der Waals surface area (Å²) in [6.45, 7) is 0.106. The molecular formula is C5H6N2O2. The molecule has 1 rings (SSSR count). The van der Waals surface area contributed by atoms with Crippen molar-refractivity contribution in [3.05, 3.63) is 0 Å². The van der Waals surface area contributed by atoms with Gasteiger partial charge in [-0.25, -0.2) is 4.99 Å². The van der Waals surface area contributed by atoms with E-state index >= 15 is 0 Å². The molecular weight excluding hydrogens is 120 g/mol. The number of likely N-dealkylation sites (N-methyl/N-ethyl adjacent to an activating group) is 1. The minimum atomic E-state index is -0.267. The van der Waals surface area contributed by atoms with Gasteiger partial charge in [-0.1, -0.05) is 0 Å². The predicted molar refractivity (Wildman–Crippen MR) is 31.1 cm³/mol. The minimum Gasteiger partial charge on any atom is -0.332 e. The fourth-order valence-electron chi connectivity index (χ4n) is 0.547. The Morgan fingerprint density at radius 2 is 2.33 bits per heavy atom. The van der Waals surface area contributed by atoms with Crippen LogP contribution in [0.3, 0.4) is 0 Å². The highest BCUT2D eigenvalue weighted by Gasteiger charge is 2.14. The molecule has 0 fully saturated rings. The first kappa shape index (κ1) is 5.94. The lowest BCUT2D eigenvalue weighted by Crippen LogP contribution is -2.36. The van der Waals surface area contributed by atoms with E-state index in [0.29, 0.717) is 0 Å². The monoisotopic (exact) mass is 126 g/mol. The van der Waals surface area contributed by atoms with Crippen LogP contribution in [0, 0.1) is 0 Å². The number of hydrogen-bond donors (Lipinski definition) is 0. The Morgan fingerprint density at radius 3 is 2.78 bits per heavy atom. The van der Waals surface area contributed by atoms with E-state index in [-0.39, 0.29) is 18.4 Å². The third kappa shape index (κ3) is 1.13. The molecule has 0 aliphatic carbocycles. The van der Waals surface area contributed by atoms with Crippen molar-refractivity contribution < 1.29 is 9.59 Å². The van der Waals surface area contributed by atoms with E-state index in [2.05, 4.69) is 4.99 Å². The van der Waals surface area contributed by atoms with E-state index in [1.807, 2.05) is 0 Å². The van der Waals surface area contributed by atoms with E-state index in [1.54, 1.807) is 7.05 Å². The smallest absolute Gasteiger partial charge is 0.265 e. The van der Waals surface area contributed by atoms with E-state index < -0.39 is 0 Å². The first-order chi connectivity index (χ1) is 4.20. The molecule has 0 spiro atoms. The van der Waals surface area contributed by atoms with Crippen LogP contribution in [0.2, 0.25) is 0 Å². The summed E-state index contributed by atoms with van der Waals surface area (Å²) in [5, 5.41) is 0. The van der Waals surface area contributed by atoms with Crippen LogP contribution in [-0.4, -0.2) is 36.5 Å². The lowest BCUT2D eigenvalue weighted by Gasteiger charge is -2.14. The molecule has 0 saturated carbocycles. The molecule has 1 aliphatic heterocycles. The lowest BCUT2D eigenvalue weighted by atomic mass is 10.4. The number of amides is 2. The van der Waals surface area contributed by atoms with Gasteiger partial charge in [-0.2, -0.15) is 0 Å². The Balaban J connectivity index is 2.76. The molecule has 0 atom stereocenters. The zero-order valence-corrected chi connectivity index (χ0v) is 5.00. The van der Waals surface area contributed by atoms with Crippen molar-refractivity contribution in [3.8, 4) is 0 Å². The Labute approximate surface area is 52.2 Å². The number of aliphatic imine (C=N–C) groups is 1. The van der Waals surface area contributed by atoms with Gasteiger partial charge in [0.1, 0.15) is 6.54 Å². The summed E-state index contributed by atoms with van der Waals surface area (Å²) in [7, 11) is 1.56. The molecule has 48 valence electrons. The summed E-state index contributed by atoms with van der Waals surface area (Å²) in [6, 6.07) is 0. The van der Waals surface area contributed by atoms with E-state index in [1.165, 1.54) is 4.90 Å². The van der Waals surface area contributed by atoms with Gasteiger partial charge in [-0.05, 0) is 0 Å². The SMILES string of the molecule is CN1CC(=O)N=CC1=O. The van der Waals surface area contributed by atoms with Gasteiger partial charge >= 0.3 is 0 Å². The van der Waals surface area contributed by atoms with Crippen LogP contribution in [0.15, 0.2) is 4.99 Å². The van der Waals surface area contributed by atoms with Gasteiger partial charge in [0, 0.05) is 7.05 Å². The van der Waals surface area contributed by atoms with Crippen LogP contribution in [-0.2, 0) is 9.59 Å². The number of nitrogens with zero attached hydrogens (tertiary/aromatic N) is 2. The first-order valence-corrected chi connectivity index (χ1v) is 2.52. The van der Waals surface area contributed by atoms with E-state index in [4.69, 9.17) is 0 Å². The van der Waals surface area contributed by atoms with Crippen LogP contribution in [0.4, 0.5) is 0 Å². The van der Waals surface area contributed by atoms with Crippen molar-refractivity contribution >= 4 is 18.0 Å². The van der Waals surface area contributed by atoms with Crippen molar-refractivity contribution in [2.24, 2.45) is 4.99 Å². The molecule has 1 aliphatic rings. The third-order valence-electron chi connectivity index (χ3n) is 1.07. The van der Waals surface area contributed by atoms with Crippen molar-refractivity contribution in [1.29, 1.82) is 0 Å². The Morgan fingerprint density at radius 1 is 1.67 bits per heavy atom. The topological polar surface area (TPSA) is 49.7 Å². The molecule has 4 nitrogen and oxygen atoms in total. The molecule has 0 aromatic rings. The molecule has 0 aromatic heterocycles. The maximum Gasteiger partial charge on any atom is 0.265 e. The molecule has 4 heteroatoms. The minimum absolute atomic E-state index is 0.106. The van der Waals surface area contributed by atoms with Gasteiger partial charge in [0.25, 0.3) is 11.8 Å². The first-order valence-electron chi connectivity index (χ1n) is 2.52. The fourth-order valence-corrected chi connectivity index (χ4v) is 0.547. The average molecular weight is 126 g/mol. The maximum absolute atomic E-state index is 10.6. The molecule has 1 heterocycles. The molecule has 9 heavy (non-hydrogen) atoms. The quantitative estimate of drug-likeness (QED) is 0.420. The van der Waals surface area contributed by atoms with E-state index in [9.17, 15) is 9.59 Å². The van der Waals surface area contributed by atoms with Gasteiger partial charge in [0.15, 0.2) is 0 Å². The Kier molecular flexibility index (Phi) is 1.30. The van der Waals surface area contributed by atoms with Gasteiger partial charge < -0.3 is 4.90 Å². The summed E-state index contributed by atoms with van der Waals surface area (Å²) >= 11 is 0. The zero-order chi connectivity index (χ0) is 6.85. The van der Waals surface area contributed by atoms with Gasteiger partial charge in [-0.3, -0.25) is 9.59 Å². The van der Waals surface area contributed by atoms with Crippen LogP contribution < -0.4 is 0 Å². The normalized spacial score (nSPS) is 19.0. The summed E-state index contributed by atoms with van der Waals surface area (Å²) in [5.41, 5.74) is 0. The average Bonchev–Trinajstić information content (AvgIpc) is 1.80. The summed E-state index contributed by atoms with van der Waals surface area (Å²) < 4.78 is 0. The Bertz CT molecular complexity index is 185. The zero-order valence-electron chi connectivity index (χ0n) is 5.00. The second-order valence-electron chi connectivity index (χ2n) is 1.85. The van der Waals surface area contributed by atoms with Crippen molar-refractivity contribution in [2.75, 3.05) is 13.6 Å². The number of carbonyl (C=O) groups is 2. The maximum atomic E-state index is 10.6.